The summed E-state index contributed by atoms with van der Waals surface area (Å²) in [6, 6.07) is 19.3. The van der Waals surface area contributed by atoms with E-state index < -0.39 is 0 Å². The molecule has 0 saturated heterocycles. The van der Waals surface area contributed by atoms with Gasteiger partial charge in [-0.25, -0.2) is 9.37 Å². The Morgan fingerprint density at radius 3 is 2.58 bits per heavy atom. The van der Waals surface area contributed by atoms with Gasteiger partial charge in [0.05, 0.1) is 18.4 Å². The molecule has 0 aliphatic carbocycles. The van der Waals surface area contributed by atoms with Crippen LogP contribution in [-0.4, -0.2) is 14.1 Å². The van der Waals surface area contributed by atoms with Crippen LogP contribution >= 0.6 is 23.2 Å². The summed E-state index contributed by atoms with van der Waals surface area (Å²) in [4.78, 5) is 18.0. The zero-order valence-corrected chi connectivity index (χ0v) is 17.7. The summed E-state index contributed by atoms with van der Waals surface area (Å²) in [5.41, 5.74) is 3.14. The second-order valence-electron chi connectivity index (χ2n) is 7.34. The lowest BCUT2D eigenvalue weighted by molar-refractivity contribution is 0.629. The molecule has 4 nitrogen and oxygen atoms in total. The average Bonchev–Trinajstić information content (AvgIpc) is 3.05. The standard InChI is InChI=1S/C24H16Cl2FN3O/c25-17-6-3-4-15(10-17)12-30-21-9-8-18(27)11-19(21)22-23(30)24(31)29(14-28-22)13-16-5-1-2-7-20(16)26/h1-11,14H,12-13H2. The Kier molecular flexibility index (Phi) is 5.00. The predicted molar refractivity (Wildman–Crippen MR) is 123 cm³/mol. The summed E-state index contributed by atoms with van der Waals surface area (Å²) >= 11 is 12.4. The predicted octanol–water partition coefficient (Wildman–Crippen LogP) is 5.89. The number of benzene rings is 3. The monoisotopic (exact) mass is 451 g/mol. The molecule has 0 aliphatic rings. The molecular weight excluding hydrogens is 436 g/mol. The van der Waals surface area contributed by atoms with Gasteiger partial charge in [-0.2, -0.15) is 0 Å². The van der Waals surface area contributed by atoms with E-state index in [-0.39, 0.29) is 17.9 Å². The third-order valence-electron chi connectivity index (χ3n) is 5.32. The second-order valence-corrected chi connectivity index (χ2v) is 8.19. The van der Waals surface area contributed by atoms with Crippen molar-refractivity contribution in [1.82, 2.24) is 14.1 Å². The van der Waals surface area contributed by atoms with Gasteiger partial charge in [-0.3, -0.25) is 9.36 Å². The highest BCUT2D eigenvalue weighted by atomic mass is 35.5. The van der Waals surface area contributed by atoms with Crippen LogP contribution in [0.1, 0.15) is 11.1 Å². The van der Waals surface area contributed by atoms with E-state index in [2.05, 4.69) is 4.98 Å². The SMILES string of the molecule is O=c1c2c(ncn1Cc1ccccc1Cl)c1cc(F)ccc1n2Cc1cccc(Cl)c1. The summed E-state index contributed by atoms with van der Waals surface area (Å²) in [7, 11) is 0. The van der Waals surface area contributed by atoms with Crippen LogP contribution in [0.25, 0.3) is 21.9 Å². The van der Waals surface area contributed by atoms with Crippen molar-refractivity contribution in [2.45, 2.75) is 13.1 Å². The molecule has 0 atom stereocenters. The molecule has 5 rings (SSSR count). The number of halogens is 3. The summed E-state index contributed by atoms with van der Waals surface area (Å²) in [5, 5.41) is 1.79. The fourth-order valence-corrected chi connectivity index (χ4v) is 4.29. The van der Waals surface area contributed by atoms with E-state index in [1.807, 2.05) is 41.0 Å². The number of hydrogen-bond acceptors (Lipinski definition) is 2. The van der Waals surface area contributed by atoms with Crippen LogP contribution in [0.2, 0.25) is 10.0 Å². The number of fused-ring (bicyclic) bond motifs is 3. The Morgan fingerprint density at radius 1 is 0.935 bits per heavy atom. The minimum absolute atomic E-state index is 0.219. The molecule has 31 heavy (non-hydrogen) atoms. The van der Waals surface area contributed by atoms with Crippen molar-refractivity contribution in [2.24, 2.45) is 0 Å². The highest BCUT2D eigenvalue weighted by Gasteiger charge is 2.18. The molecular formula is C24H16Cl2FN3O. The fourth-order valence-electron chi connectivity index (χ4n) is 3.88. The first-order chi connectivity index (χ1) is 15.0. The van der Waals surface area contributed by atoms with Gasteiger partial charge >= 0.3 is 0 Å². The average molecular weight is 452 g/mol. The molecule has 0 N–H and O–H groups in total. The van der Waals surface area contributed by atoms with E-state index in [9.17, 15) is 9.18 Å². The minimum Gasteiger partial charge on any atom is -0.330 e. The zero-order chi connectivity index (χ0) is 21.5. The summed E-state index contributed by atoms with van der Waals surface area (Å²) < 4.78 is 17.4. The Morgan fingerprint density at radius 2 is 1.77 bits per heavy atom. The number of hydrogen-bond donors (Lipinski definition) is 0. The normalized spacial score (nSPS) is 11.5. The maximum atomic E-state index is 14.0. The van der Waals surface area contributed by atoms with Crippen molar-refractivity contribution in [3.63, 3.8) is 0 Å². The molecule has 2 heterocycles. The first-order valence-corrected chi connectivity index (χ1v) is 10.4. The van der Waals surface area contributed by atoms with Crippen LogP contribution in [0.5, 0.6) is 0 Å². The van der Waals surface area contributed by atoms with E-state index in [0.717, 1.165) is 16.6 Å². The zero-order valence-electron chi connectivity index (χ0n) is 16.2. The van der Waals surface area contributed by atoms with Crippen LogP contribution in [0.15, 0.2) is 77.9 Å². The minimum atomic E-state index is -0.378. The van der Waals surface area contributed by atoms with Gasteiger partial charge in [0.2, 0.25) is 0 Å². The molecule has 0 amide bonds. The van der Waals surface area contributed by atoms with Gasteiger partial charge in [0.25, 0.3) is 5.56 Å². The lowest BCUT2D eigenvalue weighted by atomic mass is 10.2. The lowest BCUT2D eigenvalue weighted by Gasteiger charge is -2.10. The molecule has 0 bridgehead atoms. The Hall–Kier alpha value is -3.15. The van der Waals surface area contributed by atoms with Crippen molar-refractivity contribution in [3.05, 3.63) is 110 Å². The molecule has 0 aliphatic heterocycles. The fraction of sp³-hybridized carbons (Fsp3) is 0.0833. The van der Waals surface area contributed by atoms with Gasteiger partial charge < -0.3 is 4.57 Å². The maximum Gasteiger partial charge on any atom is 0.278 e. The number of rotatable bonds is 4. The quantitative estimate of drug-likeness (QED) is 0.341. The van der Waals surface area contributed by atoms with E-state index in [1.165, 1.54) is 23.0 Å². The van der Waals surface area contributed by atoms with Crippen molar-refractivity contribution < 1.29 is 4.39 Å². The van der Waals surface area contributed by atoms with Gasteiger partial charge in [0, 0.05) is 22.0 Å². The molecule has 0 saturated carbocycles. The van der Waals surface area contributed by atoms with E-state index in [1.54, 1.807) is 18.2 Å². The molecule has 0 fully saturated rings. The van der Waals surface area contributed by atoms with Crippen LogP contribution in [0.3, 0.4) is 0 Å². The highest BCUT2D eigenvalue weighted by Crippen LogP contribution is 2.28. The first kappa shape index (κ1) is 19.8. The van der Waals surface area contributed by atoms with Crippen molar-refractivity contribution in [3.8, 4) is 0 Å². The van der Waals surface area contributed by atoms with Crippen LogP contribution in [-0.2, 0) is 13.1 Å². The van der Waals surface area contributed by atoms with Crippen LogP contribution in [0.4, 0.5) is 4.39 Å². The third kappa shape index (κ3) is 3.60. The van der Waals surface area contributed by atoms with Crippen molar-refractivity contribution >= 4 is 45.1 Å². The Bertz CT molecular complexity index is 1510. The van der Waals surface area contributed by atoms with E-state index in [4.69, 9.17) is 23.2 Å². The summed E-state index contributed by atoms with van der Waals surface area (Å²) in [6.45, 7) is 0.688. The molecule has 154 valence electrons. The molecule has 3 aromatic carbocycles. The highest BCUT2D eigenvalue weighted by molar-refractivity contribution is 6.31. The molecule has 5 aromatic rings. The van der Waals surface area contributed by atoms with E-state index in [0.29, 0.717) is 33.0 Å². The topological polar surface area (TPSA) is 39.8 Å². The largest absolute Gasteiger partial charge is 0.330 e. The molecule has 0 spiro atoms. The van der Waals surface area contributed by atoms with Gasteiger partial charge in [-0.05, 0) is 47.5 Å². The van der Waals surface area contributed by atoms with Crippen molar-refractivity contribution in [1.29, 1.82) is 0 Å². The third-order valence-corrected chi connectivity index (χ3v) is 5.92. The lowest BCUT2D eigenvalue weighted by Crippen LogP contribution is -2.23. The molecule has 7 heteroatoms. The summed E-state index contributed by atoms with van der Waals surface area (Å²) in [5.74, 6) is -0.378. The molecule has 0 unspecified atom stereocenters. The second kappa shape index (κ2) is 7.84. The maximum absolute atomic E-state index is 14.0. The first-order valence-electron chi connectivity index (χ1n) is 9.66. The van der Waals surface area contributed by atoms with Gasteiger partial charge in [-0.15, -0.1) is 0 Å². The van der Waals surface area contributed by atoms with Gasteiger partial charge in [0.15, 0.2) is 0 Å². The van der Waals surface area contributed by atoms with Crippen LogP contribution in [0, 0.1) is 5.82 Å². The van der Waals surface area contributed by atoms with Gasteiger partial charge in [-0.1, -0.05) is 53.5 Å². The Labute approximate surface area is 187 Å². The number of aromatic nitrogens is 3. The van der Waals surface area contributed by atoms with Gasteiger partial charge in [0.1, 0.15) is 16.9 Å². The van der Waals surface area contributed by atoms with E-state index >= 15 is 0 Å². The van der Waals surface area contributed by atoms with Crippen LogP contribution < -0.4 is 5.56 Å². The molecule has 2 aromatic heterocycles. The summed E-state index contributed by atoms with van der Waals surface area (Å²) in [6.07, 6.45) is 1.49. The Balaban J connectivity index is 1.74. The molecule has 0 radical (unpaired) electrons. The smallest absolute Gasteiger partial charge is 0.278 e. The van der Waals surface area contributed by atoms with Crippen molar-refractivity contribution in [2.75, 3.05) is 0 Å². The number of nitrogens with zero attached hydrogens (tertiary/aromatic N) is 3.